The number of hydrogen-bond acceptors (Lipinski definition) is 3. The number of aromatic nitrogens is 2. The Hall–Kier alpha value is -3.31. The van der Waals surface area contributed by atoms with E-state index in [-0.39, 0.29) is 5.91 Å². The van der Waals surface area contributed by atoms with E-state index in [0.29, 0.717) is 30.5 Å². The first kappa shape index (κ1) is 25.8. The lowest BCUT2D eigenvalue weighted by Gasteiger charge is -2.12. The number of fused-ring (bicyclic) bond motifs is 1. The second kappa shape index (κ2) is 12.6. The molecule has 0 atom stereocenters. The molecule has 36 heavy (non-hydrogen) atoms. The highest BCUT2D eigenvalue weighted by atomic mass is 35.5. The minimum absolute atomic E-state index is 0.0184. The van der Waals surface area contributed by atoms with Crippen molar-refractivity contribution in [2.45, 2.75) is 52.0 Å². The Kier molecular flexibility index (Phi) is 9.01. The van der Waals surface area contributed by atoms with Crippen molar-refractivity contribution < 1.29 is 9.53 Å². The summed E-state index contributed by atoms with van der Waals surface area (Å²) in [5.74, 6) is 2.44. The summed E-state index contributed by atoms with van der Waals surface area (Å²) < 4.78 is 8.27. The standard InChI is InChI=1S/C30H34ClN3O2/c1-22(2)23-14-16-25(17-15-23)36-20-8-19-34-28-12-6-5-11-27(28)33-29(34)13-7-18-32-30(35)21-24-9-3-4-10-26(24)31/h3-6,9-12,14-17,22H,7-8,13,18-21H2,1-2H3,(H,32,35). The molecule has 0 aliphatic heterocycles. The minimum atomic E-state index is -0.0184. The molecule has 0 spiro atoms. The van der Waals surface area contributed by atoms with Crippen molar-refractivity contribution in [2.75, 3.05) is 13.2 Å². The minimum Gasteiger partial charge on any atom is -0.494 e. The van der Waals surface area contributed by atoms with Crippen molar-refractivity contribution in [3.8, 4) is 5.75 Å². The maximum absolute atomic E-state index is 12.3. The van der Waals surface area contributed by atoms with E-state index in [1.807, 2.05) is 54.6 Å². The van der Waals surface area contributed by atoms with E-state index in [1.54, 1.807) is 0 Å². The number of imidazole rings is 1. The Morgan fingerprint density at radius 1 is 1.00 bits per heavy atom. The van der Waals surface area contributed by atoms with Crippen molar-refractivity contribution in [2.24, 2.45) is 0 Å². The summed E-state index contributed by atoms with van der Waals surface area (Å²) in [4.78, 5) is 17.2. The molecule has 6 heteroatoms. The smallest absolute Gasteiger partial charge is 0.224 e. The first-order valence-corrected chi connectivity index (χ1v) is 13.1. The van der Waals surface area contributed by atoms with Gasteiger partial charge in [-0.1, -0.05) is 67.9 Å². The first-order valence-electron chi connectivity index (χ1n) is 12.7. The summed E-state index contributed by atoms with van der Waals surface area (Å²) in [6, 6.07) is 24.0. The van der Waals surface area contributed by atoms with Crippen LogP contribution in [0.25, 0.3) is 11.0 Å². The normalized spacial score (nSPS) is 11.2. The van der Waals surface area contributed by atoms with Crippen LogP contribution in [-0.2, 0) is 24.2 Å². The van der Waals surface area contributed by atoms with E-state index in [0.717, 1.165) is 54.0 Å². The summed E-state index contributed by atoms with van der Waals surface area (Å²) in [5, 5.41) is 3.63. The molecule has 188 valence electrons. The van der Waals surface area contributed by atoms with Crippen molar-refractivity contribution in [3.05, 3.63) is 94.8 Å². The summed E-state index contributed by atoms with van der Waals surface area (Å²) in [5.41, 5.74) is 4.30. The molecule has 0 aliphatic rings. The number of aryl methyl sites for hydroxylation is 2. The van der Waals surface area contributed by atoms with Gasteiger partial charge >= 0.3 is 0 Å². The van der Waals surface area contributed by atoms with Crippen LogP contribution in [0.3, 0.4) is 0 Å². The molecule has 3 aromatic carbocycles. The van der Waals surface area contributed by atoms with Gasteiger partial charge in [0, 0.05) is 24.5 Å². The summed E-state index contributed by atoms with van der Waals surface area (Å²) in [6.07, 6.45) is 2.78. The number of amides is 1. The lowest BCUT2D eigenvalue weighted by atomic mass is 10.0. The molecular formula is C30H34ClN3O2. The molecule has 4 aromatic rings. The zero-order valence-corrected chi connectivity index (χ0v) is 21.8. The second-order valence-electron chi connectivity index (χ2n) is 9.32. The molecule has 0 saturated carbocycles. The molecule has 0 aliphatic carbocycles. The third-order valence-corrected chi connectivity index (χ3v) is 6.65. The Morgan fingerprint density at radius 3 is 2.53 bits per heavy atom. The predicted octanol–water partition coefficient (Wildman–Crippen LogP) is 6.57. The van der Waals surface area contributed by atoms with Crippen LogP contribution < -0.4 is 10.1 Å². The van der Waals surface area contributed by atoms with Crippen molar-refractivity contribution >= 4 is 28.5 Å². The molecule has 1 amide bonds. The molecule has 1 heterocycles. The van der Waals surface area contributed by atoms with Gasteiger partial charge in [0.25, 0.3) is 0 Å². The number of halogens is 1. The number of benzene rings is 3. The molecule has 5 nitrogen and oxygen atoms in total. The number of hydrogen-bond donors (Lipinski definition) is 1. The van der Waals surface area contributed by atoms with Gasteiger partial charge in [0.05, 0.1) is 24.1 Å². The number of ether oxygens (including phenoxy) is 1. The van der Waals surface area contributed by atoms with E-state index in [4.69, 9.17) is 21.3 Å². The summed E-state index contributed by atoms with van der Waals surface area (Å²) in [7, 11) is 0. The Bertz CT molecular complexity index is 1280. The van der Waals surface area contributed by atoms with Gasteiger partial charge in [0.1, 0.15) is 11.6 Å². The molecular weight excluding hydrogens is 470 g/mol. The SMILES string of the molecule is CC(C)c1ccc(OCCCn2c(CCCNC(=O)Cc3ccccc3Cl)nc3ccccc32)cc1. The zero-order valence-electron chi connectivity index (χ0n) is 21.0. The van der Waals surface area contributed by atoms with Crippen LogP contribution in [0, 0.1) is 0 Å². The van der Waals surface area contributed by atoms with Crippen LogP contribution in [0.15, 0.2) is 72.8 Å². The maximum Gasteiger partial charge on any atom is 0.224 e. The van der Waals surface area contributed by atoms with Crippen LogP contribution >= 0.6 is 11.6 Å². The largest absolute Gasteiger partial charge is 0.494 e. The average molecular weight is 504 g/mol. The van der Waals surface area contributed by atoms with Crippen LogP contribution in [0.1, 0.15) is 49.6 Å². The van der Waals surface area contributed by atoms with Gasteiger partial charge in [0.2, 0.25) is 5.91 Å². The zero-order chi connectivity index (χ0) is 25.3. The fraction of sp³-hybridized carbons (Fsp3) is 0.333. The third kappa shape index (κ3) is 6.88. The van der Waals surface area contributed by atoms with Crippen LogP contribution in [0.4, 0.5) is 0 Å². The van der Waals surface area contributed by atoms with Crippen molar-refractivity contribution in [3.63, 3.8) is 0 Å². The van der Waals surface area contributed by atoms with Crippen LogP contribution in [0.5, 0.6) is 5.75 Å². The molecule has 0 bridgehead atoms. The Labute approximate surface area is 218 Å². The topological polar surface area (TPSA) is 56.1 Å². The van der Waals surface area contributed by atoms with Gasteiger partial charge in [-0.2, -0.15) is 0 Å². The number of nitrogens with zero attached hydrogens (tertiary/aromatic N) is 2. The Balaban J connectivity index is 1.28. The van der Waals surface area contributed by atoms with Gasteiger partial charge in [-0.3, -0.25) is 4.79 Å². The highest BCUT2D eigenvalue weighted by Crippen LogP contribution is 2.20. The number of para-hydroxylation sites is 2. The highest BCUT2D eigenvalue weighted by Gasteiger charge is 2.11. The number of carbonyl (C=O) groups is 1. The number of rotatable bonds is 12. The molecule has 0 radical (unpaired) electrons. The summed E-state index contributed by atoms with van der Waals surface area (Å²) >= 11 is 6.17. The Morgan fingerprint density at radius 2 is 1.75 bits per heavy atom. The molecule has 4 rings (SSSR count). The van der Waals surface area contributed by atoms with Gasteiger partial charge in [0.15, 0.2) is 0 Å². The maximum atomic E-state index is 12.3. The number of nitrogens with one attached hydrogen (secondary N) is 1. The van der Waals surface area contributed by atoms with E-state index < -0.39 is 0 Å². The fourth-order valence-electron chi connectivity index (χ4n) is 4.28. The van der Waals surface area contributed by atoms with Gasteiger partial charge in [-0.05, 0) is 60.2 Å². The first-order chi connectivity index (χ1) is 17.5. The quantitative estimate of drug-likeness (QED) is 0.222. The van der Waals surface area contributed by atoms with E-state index in [9.17, 15) is 4.79 Å². The van der Waals surface area contributed by atoms with Crippen molar-refractivity contribution in [1.82, 2.24) is 14.9 Å². The molecule has 0 unspecified atom stereocenters. The second-order valence-corrected chi connectivity index (χ2v) is 9.72. The monoisotopic (exact) mass is 503 g/mol. The van der Waals surface area contributed by atoms with Gasteiger partial charge in [-0.15, -0.1) is 0 Å². The highest BCUT2D eigenvalue weighted by molar-refractivity contribution is 6.31. The molecule has 0 fully saturated rings. The predicted molar refractivity (Wildman–Crippen MR) is 147 cm³/mol. The average Bonchev–Trinajstić information content (AvgIpc) is 3.23. The van der Waals surface area contributed by atoms with Gasteiger partial charge in [-0.25, -0.2) is 4.98 Å². The number of carbonyl (C=O) groups excluding carboxylic acids is 1. The van der Waals surface area contributed by atoms with E-state index in [1.165, 1.54) is 5.56 Å². The summed E-state index contributed by atoms with van der Waals surface area (Å²) in [6.45, 7) is 6.46. The molecule has 0 saturated heterocycles. The van der Waals surface area contributed by atoms with E-state index >= 15 is 0 Å². The lowest BCUT2D eigenvalue weighted by molar-refractivity contribution is -0.120. The third-order valence-electron chi connectivity index (χ3n) is 6.28. The molecule has 1 aromatic heterocycles. The van der Waals surface area contributed by atoms with Crippen molar-refractivity contribution in [1.29, 1.82) is 0 Å². The van der Waals surface area contributed by atoms with Gasteiger partial charge < -0.3 is 14.6 Å². The molecule has 1 N–H and O–H groups in total. The fourth-order valence-corrected chi connectivity index (χ4v) is 4.48. The van der Waals surface area contributed by atoms with E-state index in [2.05, 4.69) is 41.9 Å². The van der Waals surface area contributed by atoms with Crippen LogP contribution in [0.2, 0.25) is 5.02 Å². The van der Waals surface area contributed by atoms with Crippen LogP contribution in [-0.4, -0.2) is 28.6 Å². The lowest BCUT2D eigenvalue weighted by Crippen LogP contribution is -2.26.